The smallest absolute Gasteiger partial charge is 0.248 e. The molecule has 0 spiro atoms. The SMILES string of the molecule is CNC(=O)Cc1ccc(NC(=O)/C=C/c2nc3ccccc3s2)cc1. The number of amides is 2. The van der Waals surface area contributed by atoms with E-state index in [1.807, 2.05) is 36.4 Å². The Balaban J connectivity index is 1.60. The van der Waals surface area contributed by atoms with Crippen LogP contribution in [0.15, 0.2) is 54.6 Å². The zero-order valence-electron chi connectivity index (χ0n) is 13.7. The molecule has 0 unspecified atom stereocenters. The number of fused-ring (bicyclic) bond motifs is 1. The highest BCUT2D eigenvalue weighted by atomic mass is 32.1. The molecule has 0 fully saturated rings. The van der Waals surface area contributed by atoms with E-state index < -0.39 is 0 Å². The van der Waals surface area contributed by atoms with Crippen LogP contribution in [0.5, 0.6) is 0 Å². The number of hydrogen-bond acceptors (Lipinski definition) is 4. The summed E-state index contributed by atoms with van der Waals surface area (Å²) >= 11 is 1.54. The van der Waals surface area contributed by atoms with Gasteiger partial charge in [0.05, 0.1) is 16.6 Å². The number of aromatic nitrogens is 1. The maximum Gasteiger partial charge on any atom is 0.248 e. The molecule has 0 aliphatic carbocycles. The molecule has 0 saturated carbocycles. The van der Waals surface area contributed by atoms with Gasteiger partial charge in [0, 0.05) is 18.8 Å². The Morgan fingerprint density at radius 2 is 1.88 bits per heavy atom. The minimum absolute atomic E-state index is 0.0458. The molecule has 3 rings (SSSR count). The van der Waals surface area contributed by atoms with Gasteiger partial charge in [-0.1, -0.05) is 24.3 Å². The third kappa shape index (κ3) is 4.51. The minimum atomic E-state index is -0.224. The van der Waals surface area contributed by atoms with Crippen LogP contribution in [0.2, 0.25) is 0 Å². The number of benzene rings is 2. The van der Waals surface area contributed by atoms with Gasteiger partial charge in [-0.25, -0.2) is 4.98 Å². The maximum absolute atomic E-state index is 12.0. The molecule has 126 valence electrons. The average Bonchev–Trinajstić information content (AvgIpc) is 3.04. The monoisotopic (exact) mass is 351 g/mol. The molecule has 0 aliphatic heterocycles. The molecule has 0 atom stereocenters. The van der Waals surface area contributed by atoms with Crippen molar-refractivity contribution in [3.63, 3.8) is 0 Å². The molecule has 0 radical (unpaired) electrons. The summed E-state index contributed by atoms with van der Waals surface area (Å²) in [7, 11) is 1.61. The molecule has 1 heterocycles. The average molecular weight is 351 g/mol. The number of nitrogens with one attached hydrogen (secondary N) is 2. The number of likely N-dealkylation sites (N-methyl/N-ethyl adjacent to an activating group) is 1. The molecule has 5 nitrogen and oxygen atoms in total. The number of carbonyl (C=O) groups is 2. The molecular formula is C19H17N3O2S. The lowest BCUT2D eigenvalue weighted by atomic mass is 10.1. The fourth-order valence-corrected chi connectivity index (χ4v) is 3.14. The Hall–Kier alpha value is -2.99. The van der Waals surface area contributed by atoms with E-state index in [2.05, 4.69) is 15.6 Å². The van der Waals surface area contributed by atoms with E-state index in [-0.39, 0.29) is 11.8 Å². The van der Waals surface area contributed by atoms with Crippen molar-refractivity contribution in [3.8, 4) is 0 Å². The Labute approximate surface area is 149 Å². The van der Waals surface area contributed by atoms with Crippen molar-refractivity contribution < 1.29 is 9.59 Å². The van der Waals surface area contributed by atoms with Crippen molar-refractivity contribution in [1.82, 2.24) is 10.3 Å². The first kappa shape index (κ1) is 16.9. The Bertz CT molecular complexity index is 896. The highest BCUT2D eigenvalue weighted by Gasteiger charge is 2.03. The number of hydrogen-bond donors (Lipinski definition) is 2. The van der Waals surface area contributed by atoms with Crippen LogP contribution in [0.4, 0.5) is 5.69 Å². The summed E-state index contributed by atoms with van der Waals surface area (Å²) in [5.41, 5.74) is 2.50. The van der Waals surface area contributed by atoms with E-state index in [0.717, 1.165) is 20.8 Å². The zero-order valence-corrected chi connectivity index (χ0v) is 14.5. The number of para-hydroxylation sites is 1. The summed E-state index contributed by atoms with van der Waals surface area (Å²) in [6.07, 6.45) is 3.50. The minimum Gasteiger partial charge on any atom is -0.359 e. The van der Waals surface area contributed by atoms with Crippen LogP contribution in [0.25, 0.3) is 16.3 Å². The summed E-state index contributed by atoms with van der Waals surface area (Å²) in [6, 6.07) is 15.1. The molecule has 6 heteroatoms. The van der Waals surface area contributed by atoms with Crippen molar-refractivity contribution in [2.45, 2.75) is 6.42 Å². The number of rotatable bonds is 5. The zero-order chi connectivity index (χ0) is 17.6. The highest BCUT2D eigenvalue weighted by molar-refractivity contribution is 7.19. The third-order valence-electron chi connectivity index (χ3n) is 3.55. The molecule has 0 bridgehead atoms. The molecule has 2 aromatic carbocycles. The first-order valence-corrected chi connectivity index (χ1v) is 8.60. The molecular weight excluding hydrogens is 334 g/mol. The molecule has 2 amide bonds. The normalized spacial score (nSPS) is 10.9. The molecule has 25 heavy (non-hydrogen) atoms. The largest absolute Gasteiger partial charge is 0.359 e. The first-order chi connectivity index (χ1) is 12.1. The quantitative estimate of drug-likeness (QED) is 0.693. The topological polar surface area (TPSA) is 71.1 Å². The van der Waals surface area contributed by atoms with Crippen LogP contribution in [0.1, 0.15) is 10.6 Å². The fourth-order valence-electron chi connectivity index (χ4n) is 2.27. The van der Waals surface area contributed by atoms with E-state index in [4.69, 9.17) is 0 Å². The molecule has 2 N–H and O–H groups in total. The second-order valence-electron chi connectivity index (χ2n) is 5.39. The van der Waals surface area contributed by atoms with Crippen LogP contribution < -0.4 is 10.6 Å². The third-order valence-corrected chi connectivity index (χ3v) is 4.55. The first-order valence-electron chi connectivity index (χ1n) is 7.78. The summed E-state index contributed by atoms with van der Waals surface area (Å²) in [5.74, 6) is -0.270. The van der Waals surface area contributed by atoms with Gasteiger partial charge in [0.15, 0.2) is 0 Å². The number of thiazole rings is 1. The molecule has 3 aromatic rings. The van der Waals surface area contributed by atoms with Crippen molar-refractivity contribution in [2.75, 3.05) is 12.4 Å². The van der Waals surface area contributed by atoms with E-state index in [0.29, 0.717) is 12.1 Å². The Kier molecular flexibility index (Phi) is 5.20. The Morgan fingerprint density at radius 1 is 1.12 bits per heavy atom. The van der Waals surface area contributed by atoms with Crippen molar-refractivity contribution in [2.24, 2.45) is 0 Å². The Morgan fingerprint density at radius 3 is 2.60 bits per heavy atom. The van der Waals surface area contributed by atoms with E-state index in [9.17, 15) is 9.59 Å². The van der Waals surface area contributed by atoms with Crippen LogP contribution in [-0.4, -0.2) is 23.8 Å². The number of carbonyl (C=O) groups excluding carboxylic acids is 2. The van der Waals surface area contributed by atoms with Gasteiger partial charge in [-0.3, -0.25) is 9.59 Å². The van der Waals surface area contributed by atoms with E-state index in [1.54, 1.807) is 25.3 Å². The highest BCUT2D eigenvalue weighted by Crippen LogP contribution is 2.22. The van der Waals surface area contributed by atoms with E-state index >= 15 is 0 Å². The second-order valence-corrected chi connectivity index (χ2v) is 6.45. The number of nitrogens with zero attached hydrogens (tertiary/aromatic N) is 1. The summed E-state index contributed by atoms with van der Waals surface area (Å²) in [5, 5.41) is 6.16. The van der Waals surface area contributed by atoms with Crippen molar-refractivity contribution in [1.29, 1.82) is 0 Å². The lowest BCUT2D eigenvalue weighted by molar-refractivity contribution is -0.120. The molecule has 1 aromatic heterocycles. The fraction of sp³-hybridized carbons (Fsp3) is 0.105. The van der Waals surface area contributed by atoms with Gasteiger partial charge in [-0.15, -0.1) is 11.3 Å². The van der Waals surface area contributed by atoms with Crippen LogP contribution >= 0.6 is 11.3 Å². The lowest BCUT2D eigenvalue weighted by Gasteiger charge is -2.04. The van der Waals surface area contributed by atoms with Gasteiger partial charge in [0.2, 0.25) is 11.8 Å². The van der Waals surface area contributed by atoms with Crippen molar-refractivity contribution >= 4 is 45.1 Å². The van der Waals surface area contributed by atoms with Crippen LogP contribution in [-0.2, 0) is 16.0 Å². The van der Waals surface area contributed by atoms with Gasteiger partial charge in [-0.05, 0) is 35.9 Å². The predicted molar refractivity (Wildman–Crippen MR) is 101 cm³/mol. The summed E-state index contributed by atoms with van der Waals surface area (Å²) in [4.78, 5) is 27.8. The van der Waals surface area contributed by atoms with Crippen molar-refractivity contribution in [3.05, 3.63) is 65.2 Å². The predicted octanol–water partition coefficient (Wildman–Crippen LogP) is 3.24. The summed E-state index contributed by atoms with van der Waals surface area (Å²) < 4.78 is 1.09. The van der Waals surface area contributed by atoms with Gasteiger partial charge in [0.1, 0.15) is 5.01 Å². The lowest BCUT2D eigenvalue weighted by Crippen LogP contribution is -2.19. The van der Waals surface area contributed by atoms with Crippen LogP contribution in [0, 0.1) is 0 Å². The van der Waals surface area contributed by atoms with Gasteiger partial charge < -0.3 is 10.6 Å². The van der Waals surface area contributed by atoms with E-state index in [1.165, 1.54) is 17.4 Å². The number of anilines is 1. The maximum atomic E-state index is 12.0. The molecule has 0 aliphatic rings. The second kappa shape index (κ2) is 7.72. The molecule has 0 saturated heterocycles. The van der Waals surface area contributed by atoms with Gasteiger partial charge in [-0.2, -0.15) is 0 Å². The summed E-state index contributed by atoms with van der Waals surface area (Å²) in [6.45, 7) is 0. The standard InChI is InChI=1S/C19H17N3O2S/c1-20-18(24)12-13-6-8-14(9-7-13)21-17(23)10-11-19-22-15-4-2-3-5-16(15)25-19/h2-11H,12H2,1H3,(H,20,24)(H,21,23)/b11-10+. The van der Waals surface area contributed by atoms with Gasteiger partial charge in [0.25, 0.3) is 0 Å². The van der Waals surface area contributed by atoms with Gasteiger partial charge >= 0.3 is 0 Å². The van der Waals surface area contributed by atoms with Crippen LogP contribution in [0.3, 0.4) is 0 Å².